The van der Waals surface area contributed by atoms with Crippen LogP contribution in [-0.4, -0.2) is 20.1 Å². The Bertz CT molecular complexity index is 4950. The van der Waals surface area contributed by atoms with E-state index in [0.29, 0.717) is 0 Å². The minimum atomic E-state index is -0.216. The van der Waals surface area contributed by atoms with E-state index in [1.165, 1.54) is 54.9 Å². The van der Waals surface area contributed by atoms with Crippen molar-refractivity contribution in [2.45, 2.75) is 20.8 Å². The maximum atomic E-state index is 8.25. The largest absolute Gasteiger partial charge is 0.459 e. The average Bonchev–Trinajstić information content (AvgIpc) is 0.689. The zero-order valence-corrected chi connectivity index (χ0v) is 50.2. The van der Waals surface area contributed by atoms with Crippen molar-refractivity contribution in [2.24, 2.45) is 0 Å². The van der Waals surface area contributed by atoms with E-state index in [1.54, 1.807) is 0 Å². The first kappa shape index (κ1) is 52.0. The highest BCUT2D eigenvalue weighted by Gasteiger charge is 2.51. The lowest BCUT2D eigenvalue weighted by Gasteiger charge is -2.47. The van der Waals surface area contributed by atoms with Gasteiger partial charge in [0, 0.05) is 85.7 Å². The van der Waals surface area contributed by atoms with E-state index in [9.17, 15) is 0 Å². The van der Waals surface area contributed by atoms with Gasteiger partial charge in [0.05, 0.1) is 5.69 Å². The molecule has 0 N–H and O–H groups in total. The molecule has 0 unspecified atom stereocenters. The standard InChI is InChI=1S/C81H58B3N5O/c1-53-46-54(2)77(55(3)47-53)84-65-42-24-27-45-70(65)88(60-36-18-8-19-37-60)75-51-74-79-81(80(75)84)90-76-52-71-66(50-67(76)83(79)64-41-23-26-44-69(64)87(74)59-34-16-7-17-35-59)82-63-40-22-25-43-68(63)86(58-32-14-6-15-33-58)72-48-62(49-73(78(72)82)89(71)61-38-20-9-21-39-61)85(56-28-10-4-11-29-56)57-30-12-5-13-31-57/h4-52H,1-3H3. The Morgan fingerprint density at radius 3 is 1.07 bits per heavy atom. The number of aryl methyl sites for hydroxylation is 3. The van der Waals surface area contributed by atoms with Crippen LogP contribution >= 0.6 is 0 Å². The highest BCUT2D eigenvalue weighted by atomic mass is 16.5. The maximum absolute atomic E-state index is 8.25. The molecule has 0 radical (unpaired) electrons. The van der Waals surface area contributed by atoms with Crippen molar-refractivity contribution < 1.29 is 4.74 Å². The number of ether oxygens (including phenoxy) is 1. The van der Waals surface area contributed by atoms with E-state index in [2.05, 4.69) is 343 Å². The van der Waals surface area contributed by atoms with Crippen LogP contribution in [0.25, 0.3) is 0 Å². The second kappa shape index (κ2) is 20.5. The molecule has 422 valence electrons. The fourth-order valence-corrected chi connectivity index (χ4v) is 16.0. The smallest absolute Gasteiger partial charge is 0.256 e. The predicted octanol–water partition coefficient (Wildman–Crippen LogP) is 14.9. The Hall–Kier alpha value is -11.1. The van der Waals surface area contributed by atoms with Crippen LogP contribution in [0.4, 0.5) is 85.3 Å². The molecule has 0 bridgehead atoms. The lowest BCUT2D eigenvalue weighted by Crippen LogP contribution is -2.66. The lowest BCUT2D eigenvalue weighted by molar-refractivity contribution is 0.491. The van der Waals surface area contributed by atoms with Crippen LogP contribution in [-0.2, 0) is 0 Å². The number of nitrogens with zero attached hydrogens (tertiary/aromatic N) is 5. The van der Waals surface area contributed by atoms with E-state index < -0.39 is 0 Å². The fraction of sp³-hybridized carbons (Fsp3) is 0.0370. The van der Waals surface area contributed by atoms with E-state index in [0.717, 1.165) is 108 Å². The van der Waals surface area contributed by atoms with E-state index >= 15 is 0 Å². The van der Waals surface area contributed by atoms with Gasteiger partial charge in [0.1, 0.15) is 11.5 Å². The summed E-state index contributed by atoms with van der Waals surface area (Å²) in [6.07, 6.45) is 0. The van der Waals surface area contributed by atoms with Gasteiger partial charge in [-0.05, 0) is 174 Å². The summed E-state index contributed by atoms with van der Waals surface area (Å²) in [5, 5.41) is 0. The summed E-state index contributed by atoms with van der Waals surface area (Å²) in [6, 6.07) is 110. The third kappa shape index (κ3) is 7.82. The number of fused-ring (bicyclic) bond motifs is 11. The fourth-order valence-electron chi connectivity index (χ4n) is 16.0. The number of hydrogen-bond acceptors (Lipinski definition) is 6. The molecular weight excluding hydrogens is 1090 g/mol. The van der Waals surface area contributed by atoms with Crippen molar-refractivity contribution in [1.82, 2.24) is 0 Å². The van der Waals surface area contributed by atoms with Gasteiger partial charge >= 0.3 is 0 Å². The van der Waals surface area contributed by atoms with Gasteiger partial charge in [-0.15, -0.1) is 0 Å². The van der Waals surface area contributed by atoms with Gasteiger partial charge in [0.2, 0.25) is 0 Å². The summed E-state index contributed by atoms with van der Waals surface area (Å²) >= 11 is 0. The summed E-state index contributed by atoms with van der Waals surface area (Å²) in [5.74, 6) is 1.76. The molecule has 90 heavy (non-hydrogen) atoms. The third-order valence-electron chi connectivity index (χ3n) is 19.3. The zero-order valence-electron chi connectivity index (χ0n) is 50.2. The Morgan fingerprint density at radius 1 is 0.267 bits per heavy atom. The van der Waals surface area contributed by atoms with Crippen molar-refractivity contribution in [1.29, 1.82) is 0 Å². The molecule has 0 spiro atoms. The van der Waals surface area contributed by atoms with Crippen LogP contribution in [0.1, 0.15) is 16.7 Å². The minimum absolute atomic E-state index is 0.167. The van der Waals surface area contributed by atoms with Crippen molar-refractivity contribution in [2.75, 3.05) is 24.5 Å². The molecule has 13 aromatic rings. The Labute approximate surface area is 527 Å². The normalized spacial score (nSPS) is 13.4. The SMILES string of the molecule is Cc1cc(C)c(B2c3ccccc3N(c3ccccc3)c3cc4c5c(c32)Oc2cc3c(cc2B5c2ccccc2N4c2ccccc2)B2c4ccccc4N(c4ccccc4)c4cc(N(c5ccccc5)c5ccccc5)cc(c42)N3c2ccccc2)c(C)c1. The first-order chi connectivity index (χ1) is 44.4. The van der Waals surface area contributed by atoms with Crippen molar-refractivity contribution in [3.63, 3.8) is 0 Å². The second-order valence-corrected chi connectivity index (χ2v) is 24.5. The van der Waals surface area contributed by atoms with E-state index in [-0.39, 0.29) is 20.1 Å². The van der Waals surface area contributed by atoms with Crippen molar-refractivity contribution >= 4 is 155 Å². The molecule has 0 atom stereocenters. The number of para-hydroxylation sites is 9. The molecule has 0 fully saturated rings. The van der Waals surface area contributed by atoms with E-state index in [4.69, 9.17) is 4.74 Å². The quantitative estimate of drug-likeness (QED) is 0.141. The van der Waals surface area contributed by atoms with Gasteiger partial charge in [-0.3, -0.25) is 0 Å². The summed E-state index contributed by atoms with van der Waals surface area (Å²) in [6.45, 7) is 6.27. The molecule has 0 aliphatic carbocycles. The molecule has 0 aromatic heterocycles. The summed E-state index contributed by atoms with van der Waals surface area (Å²) < 4.78 is 8.25. The predicted molar refractivity (Wildman–Crippen MR) is 381 cm³/mol. The Morgan fingerprint density at radius 2 is 0.622 bits per heavy atom. The topological polar surface area (TPSA) is 25.4 Å². The first-order valence-corrected chi connectivity index (χ1v) is 31.3. The Balaban J connectivity index is 0.960. The van der Waals surface area contributed by atoms with Gasteiger partial charge in [-0.25, -0.2) is 0 Å². The molecule has 5 aliphatic rings. The van der Waals surface area contributed by atoms with Gasteiger partial charge in [-0.1, -0.05) is 204 Å². The summed E-state index contributed by atoms with van der Waals surface area (Å²) in [7, 11) is 0. The second-order valence-electron chi connectivity index (χ2n) is 24.5. The molecule has 5 heterocycles. The lowest BCUT2D eigenvalue weighted by atomic mass is 9.29. The van der Waals surface area contributed by atoms with Crippen molar-refractivity contribution in [3.8, 4) is 11.5 Å². The summed E-state index contributed by atoms with van der Waals surface area (Å²) in [5.41, 5.74) is 31.3. The van der Waals surface area contributed by atoms with E-state index in [1.807, 2.05) is 0 Å². The molecule has 6 nitrogen and oxygen atoms in total. The third-order valence-corrected chi connectivity index (χ3v) is 19.3. The number of hydrogen-bond donors (Lipinski definition) is 0. The number of rotatable bonds is 8. The molecule has 0 saturated carbocycles. The highest BCUT2D eigenvalue weighted by molar-refractivity contribution is 7.04. The molecule has 5 aliphatic heterocycles. The molecular formula is C81H58B3N5O. The van der Waals surface area contributed by atoms with Crippen LogP contribution in [0.5, 0.6) is 11.5 Å². The first-order valence-electron chi connectivity index (χ1n) is 31.3. The monoisotopic (exact) mass is 1150 g/mol. The van der Waals surface area contributed by atoms with Crippen LogP contribution in [0.3, 0.4) is 0 Å². The van der Waals surface area contributed by atoms with Gasteiger partial charge < -0.3 is 29.2 Å². The molecule has 13 aromatic carbocycles. The zero-order chi connectivity index (χ0) is 59.7. The van der Waals surface area contributed by atoms with Crippen LogP contribution in [0.2, 0.25) is 0 Å². The molecule has 9 heteroatoms. The maximum Gasteiger partial charge on any atom is 0.256 e. The van der Waals surface area contributed by atoms with Crippen LogP contribution in [0, 0.1) is 20.8 Å². The molecule has 18 rings (SSSR count). The highest BCUT2D eigenvalue weighted by Crippen LogP contribution is 2.51. The summed E-state index contributed by atoms with van der Waals surface area (Å²) in [4.78, 5) is 12.4. The van der Waals surface area contributed by atoms with Gasteiger partial charge in [-0.2, -0.15) is 0 Å². The molecule has 0 amide bonds. The number of anilines is 15. The average molecular weight is 1150 g/mol. The number of benzene rings is 13. The van der Waals surface area contributed by atoms with Crippen molar-refractivity contribution in [3.05, 3.63) is 314 Å². The van der Waals surface area contributed by atoms with Gasteiger partial charge in [0.25, 0.3) is 20.1 Å². The Kier molecular flexibility index (Phi) is 11.8. The molecule has 0 saturated heterocycles. The van der Waals surface area contributed by atoms with Gasteiger partial charge in [0.15, 0.2) is 0 Å². The van der Waals surface area contributed by atoms with Crippen LogP contribution in [0.15, 0.2) is 297 Å². The minimum Gasteiger partial charge on any atom is -0.459 e. The van der Waals surface area contributed by atoms with Crippen LogP contribution < -0.4 is 78.4 Å².